The molecule has 0 saturated heterocycles. The predicted molar refractivity (Wildman–Crippen MR) is 82.5 cm³/mol. The zero-order valence-electron chi connectivity index (χ0n) is 11.5. The van der Waals surface area contributed by atoms with Crippen LogP contribution in [0.25, 0.3) is 0 Å². The van der Waals surface area contributed by atoms with Crippen LogP contribution < -0.4 is 10.5 Å². The molecule has 2 nitrogen and oxygen atoms in total. The molecule has 20 heavy (non-hydrogen) atoms. The summed E-state index contributed by atoms with van der Waals surface area (Å²) in [6.07, 6.45) is 0. The summed E-state index contributed by atoms with van der Waals surface area (Å²) in [4.78, 5) is 0. The normalized spacial score (nSPS) is 12.2. The lowest BCUT2D eigenvalue weighted by Gasteiger charge is -2.17. The van der Waals surface area contributed by atoms with Crippen LogP contribution in [0.2, 0.25) is 0 Å². The van der Waals surface area contributed by atoms with Gasteiger partial charge in [-0.1, -0.05) is 28.1 Å². The summed E-state index contributed by atoms with van der Waals surface area (Å²) in [5.41, 5.74) is 9.01. The molecule has 2 N–H and O–H groups in total. The first-order valence-corrected chi connectivity index (χ1v) is 7.26. The molecule has 106 valence electrons. The highest BCUT2D eigenvalue weighted by molar-refractivity contribution is 9.10. The molecular formula is C16H17BrFNO. The Morgan fingerprint density at radius 1 is 1.20 bits per heavy atom. The van der Waals surface area contributed by atoms with Gasteiger partial charge >= 0.3 is 0 Å². The van der Waals surface area contributed by atoms with Crippen LogP contribution in [0, 0.1) is 12.7 Å². The number of benzene rings is 2. The van der Waals surface area contributed by atoms with Gasteiger partial charge in [-0.2, -0.15) is 0 Å². The molecule has 0 heterocycles. The summed E-state index contributed by atoms with van der Waals surface area (Å²) in [6, 6.07) is 10.1. The topological polar surface area (TPSA) is 35.2 Å². The standard InChI is InChI=1S/C16H17BrFNO/c1-3-20-12-5-7-14(15(17)9-12)16(19)13-6-4-11(18)8-10(13)2/h4-9,16H,3,19H2,1-2H3. The highest BCUT2D eigenvalue weighted by atomic mass is 79.9. The van der Waals surface area contributed by atoms with E-state index >= 15 is 0 Å². The SMILES string of the molecule is CCOc1ccc(C(N)c2ccc(F)cc2C)c(Br)c1. The minimum atomic E-state index is -0.305. The first-order chi connectivity index (χ1) is 9.52. The molecule has 1 atom stereocenters. The van der Waals surface area contributed by atoms with E-state index in [9.17, 15) is 4.39 Å². The summed E-state index contributed by atoms with van der Waals surface area (Å²) >= 11 is 3.52. The predicted octanol–water partition coefficient (Wildman–Crippen LogP) is 4.34. The number of hydrogen-bond acceptors (Lipinski definition) is 2. The van der Waals surface area contributed by atoms with Gasteiger partial charge in [0.2, 0.25) is 0 Å². The third-order valence-electron chi connectivity index (χ3n) is 3.18. The number of ether oxygens (including phenoxy) is 1. The van der Waals surface area contributed by atoms with Crippen LogP contribution in [-0.2, 0) is 0 Å². The average Bonchev–Trinajstić information content (AvgIpc) is 2.38. The molecule has 0 radical (unpaired) electrons. The Balaban J connectivity index is 2.35. The quantitative estimate of drug-likeness (QED) is 0.900. The highest BCUT2D eigenvalue weighted by Gasteiger charge is 2.15. The molecule has 0 aliphatic rings. The Morgan fingerprint density at radius 3 is 2.50 bits per heavy atom. The van der Waals surface area contributed by atoms with E-state index in [1.807, 2.05) is 32.0 Å². The monoisotopic (exact) mass is 337 g/mol. The summed E-state index contributed by atoms with van der Waals surface area (Å²) < 4.78 is 19.5. The van der Waals surface area contributed by atoms with Crippen molar-refractivity contribution in [2.45, 2.75) is 19.9 Å². The van der Waals surface area contributed by atoms with Gasteiger partial charge < -0.3 is 10.5 Å². The highest BCUT2D eigenvalue weighted by Crippen LogP contribution is 2.31. The fourth-order valence-corrected chi connectivity index (χ4v) is 2.78. The number of halogens is 2. The molecule has 0 bridgehead atoms. The molecule has 0 amide bonds. The fraction of sp³-hybridized carbons (Fsp3) is 0.250. The van der Waals surface area contributed by atoms with Crippen molar-refractivity contribution in [3.8, 4) is 5.75 Å². The van der Waals surface area contributed by atoms with Crippen molar-refractivity contribution < 1.29 is 9.13 Å². The van der Waals surface area contributed by atoms with Gasteiger partial charge in [-0.15, -0.1) is 0 Å². The van der Waals surface area contributed by atoms with Gasteiger partial charge in [-0.25, -0.2) is 4.39 Å². The third kappa shape index (κ3) is 3.19. The van der Waals surface area contributed by atoms with Crippen LogP contribution >= 0.6 is 15.9 Å². The van der Waals surface area contributed by atoms with Crippen molar-refractivity contribution in [1.82, 2.24) is 0 Å². The minimum absolute atomic E-state index is 0.246. The second-order valence-electron chi connectivity index (χ2n) is 4.59. The maximum Gasteiger partial charge on any atom is 0.123 e. The smallest absolute Gasteiger partial charge is 0.123 e. The molecule has 0 saturated carbocycles. The summed E-state index contributed by atoms with van der Waals surface area (Å²) in [6.45, 7) is 4.42. The molecule has 1 unspecified atom stereocenters. The van der Waals surface area contributed by atoms with Gasteiger partial charge in [0.05, 0.1) is 12.6 Å². The Hall–Kier alpha value is -1.39. The lowest BCUT2D eigenvalue weighted by atomic mass is 9.95. The van der Waals surface area contributed by atoms with Crippen LogP contribution in [0.4, 0.5) is 4.39 Å². The van der Waals surface area contributed by atoms with Crippen LogP contribution in [-0.4, -0.2) is 6.61 Å². The molecule has 2 rings (SSSR count). The van der Waals surface area contributed by atoms with Crippen molar-refractivity contribution in [1.29, 1.82) is 0 Å². The van der Waals surface area contributed by atoms with Gasteiger partial charge in [-0.3, -0.25) is 0 Å². The zero-order chi connectivity index (χ0) is 14.7. The van der Waals surface area contributed by atoms with Crippen molar-refractivity contribution in [3.63, 3.8) is 0 Å². The van der Waals surface area contributed by atoms with Crippen molar-refractivity contribution in [2.75, 3.05) is 6.61 Å². The average molecular weight is 338 g/mol. The van der Waals surface area contributed by atoms with Gasteiger partial charge in [-0.05, 0) is 54.8 Å². The molecule has 0 spiro atoms. The second kappa shape index (κ2) is 6.37. The van der Waals surface area contributed by atoms with Crippen LogP contribution in [0.5, 0.6) is 5.75 Å². The summed E-state index contributed by atoms with van der Waals surface area (Å²) in [7, 11) is 0. The Labute approximate surface area is 126 Å². The fourth-order valence-electron chi connectivity index (χ4n) is 2.17. The molecule has 0 aliphatic heterocycles. The van der Waals surface area contributed by atoms with E-state index in [0.29, 0.717) is 6.61 Å². The number of hydrogen-bond donors (Lipinski definition) is 1. The maximum absolute atomic E-state index is 13.2. The summed E-state index contributed by atoms with van der Waals surface area (Å²) in [5.74, 6) is 0.551. The van der Waals surface area contributed by atoms with E-state index in [2.05, 4.69) is 15.9 Å². The Morgan fingerprint density at radius 2 is 1.90 bits per heavy atom. The van der Waals surface area contributed by atoms with Gasteiger partial charge in [0.1, 0.15) is 11.6 Å². The van der Waals surface area contributed by atoms with Crippen molar-refractivity contribution in [2.24, 2.45) is 5.73 Å². The number of nitrogens with two attached hydrogens (primary N) is 1. The van der Waals surface area contributed by atoms with E-state index < -0.39 is 0 Å². The molecule has 0 aromatic heterocycles. The van der Waals surface area contributed by atoms with E-state index in [1.54, 1.807) is 6.07 Å². The zero-order valence-corrected chi connectivity index (χ0v) is 13.1. The van der Waals surface area contributed by atoms with E-state index in [0.717, 1.165) is 26.9 Å². The van der Waals surface area contributed by atoms with Crippen LogP contribution in [0.15, 0.2) is 40.9 Å². The molecule has 4 heteroatoms. The number of rotatable bonds is 4. The minimum Gasteiger partial charge on any atom is -0.494 e. The van der Waals surface area contributed by atoms with Crippen molar-refractivity contribution in [3.05, 3.63) is 63.4 Å². The molecule has 2 aromatic carbocycles. The Kier molecular flexibility index (Phi) is 4.78. The maximum atomic E-state index is 13.2. The Bertz CT molecular complexity index is 615. The van der Waals surface area contributed by atoms with E-state index in [4.69, 9.17) is 10.5 Å². The molecule has 0 aliphatic carbocycles. The van der Waals surface area contributed by atoms with Gasteiger partial charge in [0, 0.05) is 4.47 Å². The van der Waals surface area contributed by atoms with E-state index in [1.165, 1.54) is 12.1 Å². The first-order valence-electron chi connectivity index (χ1n) is 6.46. The third-order valence-corrected chi connectivity index (χ3v) is 3.87. The van der Waals surface area contributed by atoms with Crippen LogP contribution in [0.3, 0.4) is 0 Å². The van der Waals surface area contributed by atoms with Crippen LogP contribution in [0.1, 0.15) is 29.7 Å². The van der Waals surface area contributed by atoms with Gasteiger partial charge in [0.25, 0.3) is 0 Å². The molecular weight excluding hydrogens is 321 g/mol. The lowest BCUT2D eigenvalue weighted by Crippen LogP contribution is -2.14. The molecule has 2 aromatic rings. The van der Waals surface area contributed by atoms with Crippen molar-refractivity contribution >= 4 is 15.9 Å². The first kappa shape index (κ1) is 15.0. The largest absolute Gasteiger partial charge is 0.494 e. The van der Waals surface area contributed by atoms with E-state index in [-0.39, 0.29) is 11.9 Å². The van der Waals surface area contributed by atoms with Gasteiger partial charge in [0.15, 0.2) is 0 Å². The second-order valence-corrected chi connectivity index (χ2v) is 5.45. The number of aryl methyl sites for hydroxylation is 1. The molecule has 0 fully saturated rings. The summed E-state index contributed by atoms with van der Waals surface area (Å²) in [5, 5.41) is 0. The lowest BCUT2D eigenvalue weighted by molar-refractivity contribution is 0.340.